The van der Waals surface area contributed by atoms with E-state index in [0.29, 0.717) is 25.1 Å². The van der Waals surface area contributed by atoms with Gasteiger partial charge in [0.25, 0.3) is 0 Å². The molecule has 0 unspecified atom stereocenters. The van der Waals surface area contributed by atoms with Crippen LogP contribution < -0.4 is 5.32 Å². The van der Waals surface area contributed by atoms with Crippen LogP contribution in [0.5, 0.6) is 0 Å². The van der Waals surface area contributed by atoms with Crippen molar-refractivity contribution in [3.63, 3.8) is 0 Å². The van der Waals surface area contributed by atoms with Crippen LogP contribution >= 0.6 is 15.9 Å². The monoisotopic (exact) mass is 297 g/mol. The lowest BCUT2D eigenvalue weighted by Gasteiger charge is -2.08. The number of halogens is 1. The van der Waals surface area contributed by atoms with Gasteiger partial charge in [-0.2, -0.15) is 0 Å². The lowest BCUT2D eigenvalue weighted by atomic mass is 10.2. The number of rotatable bonds is 6. The van der Waals surface area contributed by atoms with E-state index in [4.69, 9.17) is 4.74 Å². The highest BCUT2D eigenvalue weighted by atomic mass is 79.9. The van der Waals surface area contributed by atoms with Gasteiger partial charge in [0, 0.05) is 22.3 Å². The largest absolute Gasteiger partial charge is 0.463 e. The zero-order chi connectivity index (χ0) is 12.7. The van der Waals surface area contributed by atoms with Gasteiger partial charge in [-0.15, -0.1) is 0 Å². The van der Waals surface area contributed by atoms with E-state index >= 15 is 0 Å². The predicted octanol–water partition coefficient (Wildman–Crippen LogP) is 3.37. The molecule has 0 saturated carbocycles. The average Bonchev–Trinajstić information content (AvgIpc) is 2.32. The summed E-state index contributed by atoms with van der Waals surface area (Å²) >= 11 is 3.37. The Kier molecular flexibility index (Phi) is 5.77. The second-order valence-electron chi connectivity index (χ2n) is 3.51. The highest BCUT2D eigenvalue weighted by Crippen LogP contribution is 2.14. The SMILES string of the molecule is C=C(CCNc1ccc(Br)cc1)C(=O)OCC. The molecule has 1 aromatic rings. The molecule has 3 nitrogen and oxygen atoms in total. The van der Waals surface area contributed by atoms with Crippen LogP contribution in [-0.2, 0) is 9.53 Å². The summed E-state index contributed by atoms with van der Waals surface area (Å²) in [6.07, 6.45) is 0.578. The molecule has 1 rings (SSSR count). The maximum atomic E-state index is 11.3. The number of esters is 1. The fourth-order valence-electron chi connectivity index (χ4n) is 1.26. The molecule has 0 radical (unpaired) electrons. The molecular weight excluding hydrogens is 282 g/mol. The minimum Gasteiger partial charge on any atom is -0.463 e. The second-order valence-corrected chi connectivity index (χ2v) is 4.42. The van der Waals surface area contributed by atoms with Gasteiger partial charge in [0.05, 0.1) is 6.61 Å². The van der Waals surface area contributed by atoms with Crippen molar-refractivity contribution in [2.24, 2.45) is 0 Å². The number of carbonyl (C=O) groups excluding carboxylic acids is 1. The summed E-state index contributed by atoms with van der Waals surface area (Å²) in [7, 11) is 0. The van der Waals surface area contributed by atoms with Crippen molar-refractivity contribution in [2.75, 3.05) is 18.5 Å². The van der Waals surface area contributed by atoms with E-state index in [0.717, 1.165) is 10.2 Å². The lowest BCUT2D eigenvalue weighted by Crippen LogP contribution is -2.10. The Hall–Kier alpha value is -1.29. The number of nitrogens with one attached hydrogen (secondary N) is 1. The first-order valence-corrected chi connectivity index (χ1v) is 6.27. The number of carbonyl (C=O) groups is 1. The van der Waals surface area contributed by atoms with Crippen molar-refractivity contribution < 1.29 is 9.53 Å². The van der Waals surface area contributed by atoms with Gasteiger partial charge in [-0.05, 0) is 37.6 Å². The number of anilines is 1. The highest BCUT2D eigenvalue weighted by Gasteiger charge is 2.06. The van der Waals surface area contributed by atoms with Gasteiger partial charge in [-0.25, -0.2) is 4.79 Å². The fraction of sp³-hybridized carbons (Fsp3) is 0.308. The van der Waals surface area contributed by atoms with Gasteiger partial charge in [-0.3, -0.25) is 0 Å². The molecule has 0 amide bonds. The Bertz CT molecular complexity index is 387. The quantitative estimate of drug-likeness (QED) is 0.646. The number of benzene rings is 1. The molecule has 0 fully saturated rings. The summed E-state index contributed by atoms with van der Waals surface area (Å²) < 4.78 is 5.89. The molecule has 0 spiro atoms. The first kappa shape index (κ1) is 13.8. The van der Waals surface area contributed by atoms with E-state index in [1.165, 1.54) is 0 Å². The summed E-state index contributed by atoms with van der Waals surface area (Å²) in [6.45, 7) is 6.53. The van der Waals surface area contributed by atoms with Gasteiger partial charge < -0.3 is 10.1 Å². The smallest absolute Gasteiger partial charge is 0.333 e. The molecule has 17 heavy (non-hydrogen) atoms. The molecule has 0 aliphatic heterocycles. The molecule has 0 aliphatic carbocycles. The van der Waals surface area contributed by atoms with Gasteiger partial charge in [0.15, 0.2) is 0 Å². The van der Waals surface area contributed by atoms with Crippen LogP contribution in [0.4, 0.5) is 5.69 Å². The van der Waals surface area contributed by atoms with E-state index in [1.807, 2.05) is 24.3 Å². The van der Waals surface area contributed by atoms with E-state index in [2.05, 4.69) is 27.8 Å². The maximum Gasteiger partial charge on any atom is 0.333 e. The third-order valence-electron chi connectivity index (χ3n) is 2.16. The molecule has 1 aromatic carbocycles. The molecule has 0 saturated heterocycles. The summed E-state index contributed by atoms with van der Waals surface area (Å²) in [4.78, 5) is 11.3. The number of hydrogen-bond acceptors (Lipinski definition) is 3. The molecule has 0 aliphatic rings. The van der Waals surface area contributed by atoms with E-state index in [9.17, 15) is 4.79 Å². The normalized spacial score (nSPS) is 9.76. The molecule has 92 valence electrons. The summed E-state index contributed by atoms with van der Waals surface area (Å²) in [6, 6.07) is 7.86. The predicted molar refractivity (Wildman–Crippen MR) is 73.0 cm³/mol. The van der Waals surface area contributed by atoms with Gasteiger partial charge in [0.1, 0.15) is 0 Å². The minimum atomic E-state index is -0.315. The van der Waals surface area contributed by atoms with E-state index in [1.54, 1.807) is 6.92 Å². The number of ether oxygens (including phenoxy) is 1. The van der Waals surface area contributed by atoms with Gasteiger partial charge in [0.2, 0.25) is 0 Å². The van der Waals surface area contributed by atoms with Crippen molar-refractivity contribution in [1.82, 2.24) is 0 Å². The summed E-state index contributed by atoms with van der Waals surface area (Å²) in [5, 5.41) is 3.21. The summed E-state index contributed by atoms with van der Waals surface area (Å²) in [5.41, 5.74) is 1.52. The van der Waals surface area contributed by atoms with Crippen LogP contribution in [0.25, 0.3) is 0 Å². The van der Waals surface area contributed by atoms with Crippen LogP contribution in [0.3, 0.4) is 0 Å². The Labute approximate surface area is 110 Å². The van der Waals surface area contributed by atoms with Crippen molar-refractivity contribution >= 4 is 27.6 Å². The summed E-state index contributed by atoms with van der Waals surface area (Å²) in [5.74, 6) is -0.315. The van der Waals surface area contributed by atoms with Crippen LogP contribution in [0, 0.1) is 0 Å². The van der Waals surface area contributed by atoms with Crippen molar-refractivity contribution in [3.8, 4) is 0 Å². The Balaban J connectivity index is 2.30. The van der Waals surface area contributed by atoms with Crippen LogP contribution in [0.2, 0.25) is 0 Å². The van der Waals surface area contributed by atoms with Crippen LogP contribution in [0.1, 0.15) is 13.3 Å². The zero-order valence-corrected chi connectivity index (χ0v) is 11.4. The molecule has 0 aromatic heterocycles. The van der Waals surface area contributed by atoms with Gasteiger partial charge in [-0.1, -0.05) is 22.5 Å². The van der Waals surface area contributed by atoms with E-state index < -0.39 is 0 Å². The third-order valence-corrected chi connectivity index (χ3v) is 2.69. The van der Waals surface area contributed by atoms with Crippen molar-refractivity contribution in [3.05, 3.63) is 40.9 Å². The molecule has 0 bridgehead atoms. The first-order valence-electron chi connectivity index (χ1n) is 5.48. The lowest BCUT2D eigenvalue weighted by molar-refractivity contribution is -0.138. The Morgan fingerprint density at radius 3 is 2.65 bits per heavy atom. The molecule has 4 heteroatoms. The van der Waals surface area contributed by atoms with Crippen molar-refractivity contribution in [1.29, 1.82) is 0 Å². The van der Waals surface area contributed by atoms with E-state index in [-0.39, 0.29) is 5.97 Å². The highest BCUT2D eigenvalue weighted by molar-refractivity contribution is 9.10. The molecular formula is C13H16BrNO2. The molecule has 1 N–H and O–H groups in total. The zero-order valence-electron chi connectivity index (χ0n) is 9.83. The molecule has 0 atom stereocenters. The minimum absolute atomic E-state index is 0.315. The Morgan fingerprint density at radius 2 is 2.06 bits per heavy atom. The van der Waals surface area contributed by atoms with Gasteiger partial charge >= 0.3 is 5.97 Å². The standard InChI is InChI=1S/C13H16BrNO2/c1-3-17-13(16)10(2)8-9-15-12-6-4-11(14)5-7-12/h4-7,15H,2-3,8-9H2,1H3. The number of hydrogen-bond donors (Lipinski definition) is 1. The second kappa shape index (κ2) is 7.12. The van der Waals surface area contributed by atoms with Crippen LogP contribution in [-0.4, -0.2) is 19.1 Å². The fourth-order valence-corrected chi connectivity index (χ4v) is 1.53. The molecule has 0 heterocycles. The first-order chi connectivity index (χ1) is 8.13. The third kappa shape index (κ3) is 5.04. The maximum absolute atomic E-state index is 11.3. The Morgan fingerprint density at radius 1 is 1.41 bits per heavy atom. The van der Waals surface area contributed by atoms with Crippen LogP contribution in [0.15, 0.2) is 40.9 Å². The topological polar surface area (TPSA) is 38.3 Å². The van der Waals surface area contributed by atoms with Crippen molar-refractivity contribution in [2.45, 2.75) is 13.3 Å². The average molecular weight is 298 g/mol.